The number of likely N-dealkylation sites (N-methyl/N-ethyl adjacent to an activating group) is 1. The molecule has 0 radical (unpaired) electrons. The number of halogens is 2. The van der Waals surface area contributed by atoms with Gasteiger partial charge < -0.3 is 9.80 Å². The van der Waals surface area contributed by atoms with E-state index in [1.165, 1.54) is 6.07 Å². The van der Waals surface area contributed by atoms with Crippen molar-refractivity contribution in [1.82, 2.24) is 14.8 Å². The Morgan fingerprint density at radius 1 is 1.15 bits per heavy atom. The predicted octanol–water partition coefficient (Wildman–Crippen LogP) is 2.26. The lowest BCUT2D eigenvalue weighted by Gasteiger charge is -2.38. The lowest BCUT2D eigenvalue weighted by atomic mass is 10.1. The monoisotopic (exact) mass is 360 g/mol. The van der Waals surface area contributed by atoms with Crippen molar-refractivity contribution >= 4 is 22.5 Å². The number of aromatic nitrogens is 1. The van der Waals surface area contributed by atoms with Crippen LogP contribution in [0.3, 0.4) is 0 Å². The standard InChI is InChI=1S/C19H22F2N4O/c1-23-6-2-3-17(23)19(26)25-9-7-24(8-10-25)16-4-5-22-18-14(16)11-13(20)12-15(18)21/h4-5,11-12,17H,2-3,6-10H2,1H3. The number of hydrogen-bond acceptors (Lipinski definition) is 4. The Morgan fingerprint density at radius 3 is 2.62 bits per heavy atom. The minimum Gasteiger partial charge on any atom is -0.367 e. The van der Waals surface area contributed by atoms with E-state index in [1.54, 1.807) is 12.3 Å². The fourth-order valence-electron chi connectivity index (χ4n) is 4.04. The van der Waals surface area contributed by atoms with Crippen molar-refractivity contribution in [3.63, 3.8) is 0 Å². The molecule has 4 rings (SSSR count). The molecule has 0 saturated carbocycles. The zero-order valence-electron chi connectivity index (χ0n) is 14.8. The SMILES string of the molecule is CN1CCCC1C(=O)N1CCN(c2ccnc3c(F)cc(F)cc23)CC1. The van der Waals surface area contributed by atoms with Crippen LogP contribution in [0.25, 0.3) is 10.9 Å². The van der Waals surface area contributed by atoms with E-state index in [9.17, 15) is 13.6 Å². The maximum absolute atomic E-state index is 14.0. The van der Waals surface area contributed by atoms with Gasteiger partial charge in [0.05, 0.1) is 6.04 Å². The molecule has 3 heterocycles. The number of nitrogens with zero attached hydrogens (tertiary/aromatic N) is 4. The van der Waals surface area contributed by atoms with Crippen molar-refractivity contribution in [3.05, 3.63) is 36.0 Å². The molecule has 26 heavy (non-hydrogen) atoms. The van der Waals surface area contributed by atoms with Crippen LogP contribution < -0.4 is 4.90 Å². The summed E-state index contributed by atoms with van der Waals surface area (Å²) >= 11 is 0. The van der Waals surface area contributed by atoms with Crippen molar-refractivity contribution in [2.45, 2.75) is 18.9 Å². The first-order chi connectivity index (χ1) is 12.5. The quantitative estimate of drug-likeness (QED) is 0.824. The fourth-order valence-corrected chi connectivity index (χ4v) is 4.04. The molecule has 0 N–H and O–H groups in total. The summed E-state index contributed by atoms with van der Waals surface area (Å²) < 4.78 is 27.7. The number of rotatable bonds is 2. The first-order valence-electron chi connectivity index (χ1n) is 9.02. The van der Waals surface area contributed by atoms with Gasteiger partial charge in [0.15, 0.2) is 5.82 Å². The third-order valence-electron chi connectivity index (χ3n) is 5.48. The van der Waals surface area contributed by atoms with Gasteiger partial charge >= 0.3 is 0 Å². The van der Waals surface area contributed by atoms with Crippen molar-refractivity contribution in [1.29, 1.82) is 0 Å². The molecule has 2 aromatic rings. The van der Waals surface area contributed by atoms with Gasteiger partial charge in [-0.15, -0.1) is 0 Å². The summed E-state index contributed by atoms with van der Waals surface area (Å²) in [7, 11) is 2.00. The third-order valence-corrected chi connectivity index (χ3v) is 5.48. The van der Waals surface area contributed by atoms with Crippen LogP contribution in [0.2, 0.25) is 0 Å². The van der Waals surface area contributed by atoms with Crippen LogP contribution in [0.15, 0.2) is 24.4 Å². The molecule has 2 saturated heterocycles. The summed E-state index contributed by atoms with van der Waals surface area (Å²) in [5.74, 6) is -1.07. The Balaban J connectivity index is 1.52. The van der Waals surface area contributed by atoms with Crippen LogP contribution in [0.4, 0.5) is 14.5 Å². The van der Waals surface area contributed by atoms with Gasteiger partial charge in [0.2, 0.25) is 5.91 Å². The molecule has 7 heteroatoms. The molecule has 2 fully saturated rings. The van der Waals surface area contributed by atoms with Crippen LogP contribution in [-0.4, -0.2) is 66.5 Å². The summed E-state index contributed by atoms with van der Waals surface area (Å²) in [4.78, 5) is 22.9. The average Bonchev–Trinajstić information content (AvgIpc) is 3.07. The summed E-state index contributed by atoms with van der Waals surface area (Å²) in [6.45, 7) is 3.48. The maximum atomic E-state index is 14.0. The molecule has 2 aliphatic heterocycles. The van der Waals surface area contributed by atoms with E-state index in [0.29, 0.717) is 31.6 Å². The van der Waals surface area contributed by atoms with E-state index in [2.05, 4.69) is 14.8 Å². The number of benzene rings is 1. The smallest absolute Gasteiger partial charge is 0.240 e. The van der Waals surface area contributed by atoms with E-state index >= 15 is 0 Å². The summed E-state index contributed by atoms with van der Waals surface area (Å²) in [6, 6.07) is 3.95. The second-order valence-corrected chi connectivity index (χ2v) is 7.06. The van der Waals surface area contributed by atoms with Gasteiger partial charge in [0.25, 0.3) is 0 Å². The van der Waals surface area contributed by atoms with Crippen LogP contribution >= 0.6 is 0 Å². The topological polar surface area (TPSA) is 39.7 Å². The van der Waals surface area contributed by atoms with E-state index in [0.717, 1.165) is 31.1 Å². The van der Waals surface area contributed by atoms with E-state index < -0.39 is 11.6 Å². The number of piperazine rings is 1. The molecule has 2 aliphatic rings. The molecular weight excluding hydrogens is 338 g/mol. The Hall–Kier alpha value is -2.28. The molecule has 1 aromatic heterocycles. The Labute approximate surface area is 151 Å². The van der Waals surface area contributed by atoms with E-state index in [-0.39, 0.29) is 17.5 Å². The lowest BCUT2D eigenvalue weighted by molar-refractivity contribution is -0.135. The second kappa shape index (κ2) is 6.79. The molecule has 1 atom stereocenters. The molecule has 138 valence electrons. The van der Waals surface area contributed by atoms with Crippen LogP contribution in [0, 0.1) is 11.6 Å². The minimum absolute atomic E-state index is 0.00787. The molecule has 0 bridgehead atoms. The van der Waals surface area contributed by atoms with Gasteiger partial charge in [0.1, 0.15) is 11.3 Å². The second-order valence-electron chi connectivity index (χ2n) is 7.06. The van der Waals surface area contributed by atoms with Gasteiger partial charge in [0, 0.05) is 49.5 Å². The van der Waals surface area contributed by atoms with E-state index in [1.807, 2.05) is 11.9 Å². The maximum Gasteiger partial charge on any atom is 0.240 e. The van der Waals surface area contributed by atoms with Gasteiger partial charge in [-0.1, -0.05) is 0 Å². The number of carbonyl (C=O) groups is 1. The van der Waals surface area contributed by atoms with E-state index in [4.69, 9.17) is 0 Å². The van der Waals surface area contributed by atoms with Gasteiger partial charge in [-0.25, -0.2) is 8.78 Å². The number of carbonyl (C=O) groups excluding carboxylic acids is 1. The highest BCUT2D eigenvalue weighted by atomic mass is 19.1. The number of likely N-dealkylation sites (tertiary alicyclic amines) is 1. The Morgan fingerprint density at radius 2 is 1.92 bits per heavy atom. The van der Waals surface area contributed by atoms with Crippen LogP contribution in [0.5, 0.6) is 0 Å². The van der Waals surface area contributed by atoms with Crippen molar-refractivity contribution in [2.24, 2.45) is 0 Å². The van der Waals surface area contributed by atoms with Gasteiger partial charge in [-0.3, -0.25) is 14.7 Å². The zero-order valence-corrected chi connectivity index (χ0v) is 14.8. The number of pyridine rings is 1. The lowest BCUT2D eigenvalue weighted by Crippen LogP contribution is -2.53. The largest absolute Gasteiger partial charge is 0.367 e. The first-order valence-corrected chi connectivity index (χ1v) is 9.02. The molecule has 1 amide bonds. The highest BCUT2D eigenvalue weighted by Crippen LogP contribution is 2.29. The van der Waals surface area contributed by atoms with Crippen molar-refractivity contribution in [2.75, 3.05) is 44.7 Å². The summed E-state index contributed by atoms with van der Waals surface area (Å²) in [5, 5.41) is 0.473. The highest BCUT2D eigenvalue weighted by Gasteiger charge is 2.33. The molecule has 1 unspecified atom stereocenters. The van der Waals surface area contributed by atoms with Crippen LogP contribution in [-0.2, 0) is 4.79 Å². The van der Waals surface area contributed by atoms with Crippen molar-refractivity contribution < 1.29 is 13.6 Å². The predicted molar refractivity (Wildman–Crippen MR) is 96.1 cm³/mol. The number of hydrogen-bond donors (Lipinski definition) is 0. The number of amides is 1. The highest BCUT2D eigenvalue weighted by molar-refractivity contribution is 5.92. The molecule has 5 nitrogen and oxygen atoms in total. The summed E-state index contributed by atoms with van der Waals surface area (Å²) in [6.07, 6.45) is 3.53. The normalized spacial score (nSPS) is 21.6. The van der Waals surface area contributed by atoms with Gasteiger partial charge in [-0.05, 0) is 38.6 Å². The number of anilines is 1. The van der Waals surface area contributed by atoms with Gasteiger partial charge in [-0.2, -0.15) is 0 Å². The average molecular weight is 360 g/mol. The zero-order chi connectivity index (χ0) is 18.3. The molecule has 1 aromatic carbocycles. The molecule has 0 aliphatic carbocycles. The Kier molecular flexibility index (Phi) is 4.48. The minimum atomic E-state index is -0.653. The molecular formula is C19H22F2N4O. The Bertz CT molecular complexity index is 836. The summed E-state index contributed by atoms with van der Waals surface area (Å²) in [5.41, 5.74) is 0.938. The molecule has 0 spiro atoms. The van der Waals surface area contributed by atoms with Crippen LogP contribution in [0.1, 0.15) is 12.8 Å². The fraction of sp³-hybridized carbons (Fsp3) is 0.474. The number of fused-ring (bicyclic) bond motifs is 1. The first kappa shape index (κ1) is 17.1. The third kappa shape index (κ3) is 3.00. The van der Waals surface area contributed by atoms with Crippen molar-refractivity contribution in [3.8, 4) is 0 Å².